The van der Waals surface area contributed by atoms with Crippen LogP contribution in [0.15, 0.2) is 59.5 Å². The van der Waals surface area contributed by atoms with Gasteiger partial charge in [0.15, 0.2) is 6.29 Å². The minimum Gasteiger partial charge on any atom is -0.353 e. The van der Waals surface area contributed by atoms with Gasteiger partial charge in [-0.3, -0.25) is 0 Å². The van der Waals surface area contributed by atoms with E-state index in [4.69, 9.17) is 9.47 Å². The largest absolute Gasteiger partial charge is 0.353 e. The van der Waals surface area contributed by atoms with Gasteiger partial charge in [0, 0.05) is 11.1 Å². The lowest BCUT2D eigenvalue weighted by Crippen LogP contribution is -2.24. The van der Waals surface area contributed by atoms with Crippen LogP contribution < -0.4 is 0 Å². The fourth-order valence-corrected chi connectivity index (χ4v) is 5.35. The molecule has 0 spiro atoms. The van der Waals surface area contributed by atoms with E-state index >= 15 is 0 Å². The number of nitrogens with zero attached hydrogens (tertiary/aromatic N) is 1. The van der Waals surface area contributed by atoms with Crippen molar-refractivity contribution in [1.29, 1.82) is 0 Å². The van der Waals surface area contributed by atoms with Crippen molar-refractivity contribution in [1.82, 2.24) is 3.97 Å². The quantitative estimate of drug-likeness (QED) is 0.529. The van der Waals surface area contributed by atoms with Crippen molar-refractivity contribution in [3.05, 3.63) is 65.9 Å². The third-order valence-electron chi connectivity index (χ3n) is 5.32. The molecule has 2 heterocycles. The first kappa shape index (κ1) is 20.1. The molecule has 0 unspecified atom stereocenters. The molecule has 0 aliphatic carbocycles. The summed E-state index contributed by atoms with van der Waals surface area (Å²) >= 11 is 0. The molecule has 3 aromatic rings. The van der Waals surface area contributed by atoms with Crippen molar-refractivity contribution < 1.29 is 17.9 Å². The summed E-state index contributed by atoms with van der Waals surface area (Å²) in [7, 11) is -3.66. The molecule has 6 heteroatoms. The highest BCUT2D eigenvalue weighted by Gasteiger charge is 2.23. The van der Waals surface area contributed by atoms with Crippen LogP contribution in [0.1, 0.15) is 36.9 Å². The fraction of sp³-hybridized carbons (Fsp3) is 0.391. The molecule has 29 heavy (non-hydrogen) atoms. The summed E-state index contributed by atoms with van der Waals surface area (Å²) in [5.74, 6) is 0. The van der Waals surface area contributed by atoms with Crippen LogP contribution in [0.5, 0.6) is 0 Å². The minimum absolute atomic E-state index is 0.120. The number of hydrogen-bond acceptors (Lipinski definition) is 4. The van der Waals surface area contributed by atoms with E-state index in [9.17, 15) is 8.42 Å². The Bertz CT molecular complexity index is 1060. The summed E-state index contributed by atoms with van der Waals surface area (Å²) in [5.41, 5.74) is 2.58. The molecular weight excluding hydrogens is 386 g/mol. The molecule has 2 aromatic carbocycles. The molecule has 0 amide bonds. The van der Waals surface area contributed by atoms with E-state index in [1.54, 1.807) is 12.1 Å². The normalized spacial score (nSPS) is 15.8. The second-order valence-corrected chi connectivity index (χ2v) is 9.33. The zero-order chi connectivity index (χ0) is 20.3. The lowest BCUT2D eigenvalue weighted by atomic mass is 10.1. The molecule has 1 aromatic heterocycles. The minimum atomic E-state index is -3.66. The van der Waals surface area contributed by atoms with E-state index < -0.39 is 10.0 Å². The summed E-state index contributed by atoms with van der Waals surface area (Å²) in [6.07, 6.45) is 4.16. The maximum absolute atomic E-state index is 13.4. The summed E-state index contributed by atoms with van der Waals surface area (Å²) < 4.78 is 39.6. The Hall–Kier alpha value is -2.15. The molecular formula is C23H27NO4S. The molecule has 1 saturated heterocycles. The maximum Gasteiger partial charge on any atom is 0.268 e. The summed E-state index contributed by atoms with van der Waals surface area (Å²) in [5, 5.41) is 0.942. The number of ether oxygens (including phenoxy) is 2. The van der Waals surface area contributed by atoms with Gasteiger partial charge in [-0.25, -0.2) is 12.4 Å². The van der Waals surface area contributed by atoms with Crippen LogP contribution >= 0.6 is 0 Å². The second-order valence-electron chi connectivity index (χ2n) is 7.55. The maximum atomic E-state index is 13.4. The Labute approximate surface area is 172 Å². The van der Waals surface area contributed by atoms with E-state index in [1.165, 1.54) is 3.97 Å². The van der Waals surface area contributed by atoms with Gasteiger partial charge in [0.1, 0.15) is 0 Å². The van der Waals surface area contributed by atoms with Gasteiger partial charge in [-0.2, -0.15) is 0 Å². The zero-order valence-corrected chi connectivity index (χ0v) is 17.5. The van der Waals surface area contributed by atoms with E-state index in [-0.39, 0.29) is 6.29 Å². The van der Waals surface area contributed by atoms with Gasteiger partial charge in [0.2, 0.25) is 0 Å². The Morgan fingerprint density at radius 3 is 2.48 bits per heavy atom. The Morgan fingerprint density at radius 2 is 1.72 bits per heavy atom. The van der Waals surface area contributed by atoms with Gasteiger partial charge in [-0.15, -0.1) is 0 Å². The number of hydrogen-bond donors (Lipinski definition) is 0. The molecule has 1 aliphatic rings. The molecule has 154 valence electrons. The highest BCUT2D eigenvalue weighted by Crippen LogP contribution is 2.27. The summed E-state index contributed by atoms with van der Waals surface area (Å²) in [6, 6.07) is 16.7. The average molecular weight is 414 g/mol. The molecule has 1 fully saturated rings. The van der Waals surface area contributed by atoms with E-state index in [0.717, 1.165) is 61.1 Å². The molecule has 5 nitrogen and oxygen atoms in total. The molecule has 1 aliphatic heterocycles. The lowest BCUT2D eigenvalue weighted by molar-refractivity contribution is -0.181. The Balaban J connectivity index is 1.58. The number of para-hydroxylation sites is 1. The molecule has 0 radical (unpaired) electrons. The van der Waals surface area contributed by atoms with Crippen molar-refractivity contribution in [2.24, 2.45) is 0 Å². The molecule has 4 rings (SSSR count). The van der Waals surface area contributed by atoms with Crippen molar-refractivity contribution in [3.63, 3.8) is 0 Å². The third-order valence-corrected chi connectivity index (χ3v) is 7.10. The van der Waals surface area contributed by atoms with Gasteiger partial charge in [0.25, 0.3) is 10.0 Å². The van der Waals surface area contributed by atoms with Crippen LogP contribution in [0, 0.1) is 6.92 Å². The highest BCUT2D eigenvalue weighted by molar-refractivity contribution is 7.90. The second kappa shape index (κ2) is 8.69. The van der Waals surface area contributed by atoms with Crippen molar-refractivity contribution in [2.75, 3.05) is 13.2 Å². The smallest absolute Gasteiger partial charge is 0.268 e. The van der Waals surface area contributed by atoms with Crippen LogP contribution in [-0.4, -0.2) is 31.9 Å². The van der Waals surface area contributed by atoms with Crippen LogP contribution in [0.25, 0.3) is 10.9 Å². The number of fused-ring (bicyclic) bond motifs is 1. The third kappa shape index (κ3) is 4.39. The highest BCUT2D eigenvalue weighted by atomic mass is 32.2. The summed E-state index contributed by atoms with van der Waals surface area (Å²) in [4.78, 5) is 0.315. The van der Waals surface area contributed by atoms with Gasteiger partial charge in [-0.1, -0.05) is 35.9 Å². The van der Waals surface area contributed by atoms with Crippen LogP contribution in [0.4, 0.5) is 0 Å². The first-order valence-corrected chi connectivity index (χ1v) is 11.6. The monoisotopic (exact) mass is 413 g/mol. The van der Waals surface area contributed by atoms with Crippen LogP contribution in [0.2, 0.25) is 0 Å². The van der Waals surface area contributed by atoms with Crippen LogP contribution in [0.3, 0.4) is 0 Å². The molecule has 0 saturated carbocycles. The number of unbranched alkanes of at least 4 members (excludes halogenated alkanes) is 1. The van der Waals surface area contributed by atoms with Crippen molar-refractivity contribution in [3.8, 4) is 0 Å². The van der Waals surface area contributed by atoms with Crippen molar-refractivity contribution in [2.45, 2.75) is 50.2 Å². The molecule has 0 atom stereocenters. The number of aromatic nitrogens is 1. The number of benzene rings is 2. The Morgan fingerprint density at radius 1 is 1.00 bits per heavy atom. The molecule has 0 bridgehead atoms. The standard InChI is InChI=1S/C23H27NO4S/c1-18-11-13-21(14-12-18)29(25,26)24-20(17-19-7-2-4-9-22(19)24)8-3-5-10-23-27-15-6-16-28-23/h2,4,7,9,11-14,17,23H,3,5-6,8,10,15-16H2,1H3. The van der Waals surface area contributed by atoms with Gasteiger partial charge >= 0.3 is 0 Å². The predicted octanol–water partition coefficient (Wildman–Crippen LogP) is 4.66. The first-order valence-electron chi connectivity index (χ1n) is 10.2. The van der Waals surface area contributed by atoms with E-state index in [2.05, 4.69) is 0 Å². The number of aryl methyl sites for hydroxylation is 2. The lowest BCUT2D eigenvalue weighted by Gasteiger charge is -2.23. The van der Waals surface area contributed by atoms with Gasteiger partial charge in [-0.05, 0) is 63.3 Å². The SMILES string of the molecule is Cc1ccc(S(=O)(=O)n2c(CCCCC3OCCCO3)cc3ccccc32)cc1. The van der Waals surface area contributed by atoms with Crippen LogP contribution in [-0.2, 0) is 25.9 Å². The Kier molecular flexibility index (Phi) is 6.04. The average Bonchev–Trinajstić information content (AvgIpc) is 3.11. The predicted molar refractivity (Wildman–Crippen MR) is 114 cm³/mol. The zero-order valence-electron chi connectivity index (χ0n) is 16.7. The van der Waals surface area contributed by atoms with E-state index in [0.29, 0.717) is 11.3 Å². The fourth-order valence-electron chi connectivity index (χ4n) is 3.78. The van der Waals surface area contributed by atoms with Gasteiger partial charge < -0.3 is 9.47 Å². The number of rotatable bonds is 7. The van der Waals surface area contributed by atoms with Gasteiger partial charge in [0.05, 0.1) is 23.6 Å². The van der Waals surface area contributed by atoms with E-state index in [1.807, 2.05) is 49.4 Å². The van der Waals surface area contributed by atoms with Crippen molar-refractivity contribution >= 4 is 20.9 Å². The topological polar surface area (TPSA) is 57.5 Å². The summed E-state index contributed by atoms with van der Waals surface area (Å²) in [6.45, 7) is 3.47. The first-order chi connectivity index (χ1) is 14.1. The molecule has 0 N–H and O–H groups in total.